The van der Waals surface area contributed by atoms with E-state index in [-0.39, 0.29) is 12.1 Å². The van der Waals surface area contributed by atoms with Crippen LogP contribution in [0.4, 0.5) is 4.79 Å². The molecule has 1 unspecified atom stereocenters. The number of ether oxygens (including phenoxy) is 3. The summed E-state index contributed by atoms with van der Waals surface area (Å²) in [5.74, 6) is 0. The van der Waals surface area contributed by atoms with E-state index in [4.69, 9.17) is 14.2 Å². The van der Waals surface area contributed by atoms with Crippen LogP contribution < -0.4 is 0 Å². The van der Waals surface area contributed by atoms with E-state index < -0.39 is 11.3 Å². The van der Waals surface area contributed by atoms with Crippen LogP contribution in [0.15, 0.2) is 24.3 Å². The standard InChI is InChI=1S/C19H26N2O4S/c1-18(2,3)25-17(22)21-13(11-24-19(21,4)5)10-23-12-16-20-14-8-6-7-9-15(14)26-16/h6-9,13H,10-12H2,1-5H3. The topological polar surface area (TPSA) is 60.9 Å². The van der Waals surface area contributed by atoms with E-state index in [1.807, 2.05) is 58.9 Å². The highest BCUT2D eigenvalue weighted by Crippen LogP contribution is 2.30. The molecule has 0 saturated carbocycles. The fraction of sp³-hybridized carbons (Fsp3) is 0.579. The number of thiazole rings is 1. The Bertz CT molecular complexity index is 748. The average Bonchev–Trinajstić information content (AvgIpc) is 3.05. The Kier molecular flexibility index (Phi) is 5.23. The number of aromatic nitrogens is 1. The van der Waals surface area contributed by atoms with Gasteiger partial charge in [0, 0.05) is 0 Å². The normalized spacial score (nSPS) is 19.9. The SMILES string of the molecule is CC(C)(C)OC(=O)N1C(COCc2nc3ccccc3s2)COC1(C)C. The predicted octanol–water partition coefficient (Wildman–Crippen LogP) is 4.18. The zero-order chi connectivity index (χ0) is 18.9. The summed E-state index contributed by atoms with van der Waals surface area (Å²) >= 11 is 1.62. The van der Waals surface area contributed by atoms with Crippen molar-refractivity contribution in [1.82, 2.24) is 9.88 Å². The molecule has 1 atom stereocenters. The summed E-state index contributed by atoms with van der Waals surface area (Å²) in [6.45, 7) is 10.5. The van der Waals surface area contributed by atoms with Gasteiger partial charge in [-0.05, 0) is 46.8 Å². The number of fused-ring (bicyclic) bond motifs is 1. The lowest BCUT2D eigenvalue weighted by molar-refractivity contribution is -0.0658. The third-order valence-electron chi connectivity index (χ3n) is 4.04. The first-order chi connectivity index (χ1) is 12.2. The molecule has 142 valence electrons. The summed E-state index contributed by atoms with van der Waals surface area (Å²) in [5.41, 5.74) is -0.286. The van der Waals surface area contributed by atoms with E-state index >= 15 is 0 Å². The molecule has 1 aromatic heterocycles. The predicted molar refractivity (Wildman–Crippen MR) is 101 cm³/mol. The lowest BCUT2D eigenvalue weighted by Crippen LogP contribution is -2.51. The lowest BCUT2D eigenvalue weighted by atomic mass is 10.2. The molecule has 0 aliphatic carbocycles. The van der Waals surface area contributed by atoms with Crippen molar-refractivity contribution in [3.8, 4) is 0 Å². The number of nitrogens with zero attached hydrogens (tertiary/aromatic N) is 2. The van der Waals surface area contributed by atoms with E-state index in [1.54, 1.807) is 16.2 Å². The summed E-state index contributed by atoms with van der Waals surface area (Å²) in [4.78, 5) is 18.8. The molecule has 1 saturated heterocycles. The molecule has 1 fully saturated rings. The van der Waals surface area contributed by atoms with Gasteiger partial charge >= 0.3 is 6.09 Å². The number of amides is 1. The van der Waals surface area contributed by atoms with Crippen LogP contribution in [0, 0.1) is 0 Å². The summed E-state index contributed by atoms with van der Waals surface area (Å²) < 4.78 is 18.3. The molecule has 7 heteroatoms. The van der Waals surface area contributed by atoms with Gasteiger partial charge in [0.25, 0.3) is 0 Å². The Morgan fingerprint density at radius 1 is 1.38 bits per heavy atom. The minimum absolute atomic E-state index is 0.186. The summed E-state index contributed by atoms with van der Waals surface area (Å²) in [6, 6.07) is 7.83. The van der Waals surface area contributed by atoms with Gasteiger partial charge in [0.1, 0.15) is 16.3 Å². The van der Waals surface area contributed by atoms with Crippen LogP contribution in [0.1, 0.15) is 39.6 Å². The van der Waals surface area contributed by atoms with Crippen LogP contribution in [0.25, 0.3) is 10.2 Å². The van der Waals surface area contributed by atoms with Gasteiger partial charge in [-0.2, -0.15) is 0 Å². The molecule has 26 heavy (non-hydrogen) atoms. The Hall–Kier alpha value is -1.70. The van der Waals surface area contributed by atoms with E-state index in [2.05, 4.69) is 4.98 Å². The molecule has 2 heterocycles. The number of rotatable bonds is 4. The molecule has 3 rings (SSSR count). The second-order valence-corrected chi connectivity index (χ2v) is 8.97. The third-order valence-corrected chi connectivity index (χ3v) is 5.05. The molecule has 0 radical (unpaired) electrons. The van der Waals surface area contributed by atoms with Gasteiger partial charge < -0.3 is 14.2 Å². The van der Waals surface area contributed by atoms with Crippen molar-refractivity contribution < 1.29 is 19.0 Å². The maximum Gasteiger partial charge on any atom is 0.412 e. The van der Waals surface area contributed by atoms with Gasteiger partial charge in [0.15, 0.2) is 0 Å². The first kappa shape index (κ1) is 19.1. The van der Waals surface area contributed by atoms with Crippen LogP contribution >= 0.6 is 11.3 Å². The maximum atomic E-state index is 12.6. The molecule has 1 aliphatic heterocycles. The molecule has 0 N–H and O–H groups in total. The quantitative estimate of drug-likeness (QED) is 0.798. The molecule has 2 aromatic rings. The molecule has 1 amide bonds. The van der Waals surface area contributed by atoms with Crippen molar-refractivity contribution in [3.05, 3.63) is 29.3 Å². The lowest BCUT2D eigenvalue weighted by Gasteiger charge is -2.35. The highest BCUT2D eigenvalue weighted by Gasteiger charge is 2.45. The van der Waals surface area contributed by atoms with Crippen LogP contribution in [-0.4, -0.2) is 46.6 Å². The van der Waals surface area contributed by atoms with Gasteiger partial charge in [-0.25, -0.2) is 9.78 Å². The Labute approximate surface area is 158 Å². The van der Waals surface area contributed by atoms with Crippen LogP contribution in [-0.2, 0) is 20.8 Å². The third kappa shape index (κ3) is 4.34. The fourth-order valence-electron chi connectivity index (χ4n) is 2.95. The number of benzene rings is 1. The van der Waals surface area contributed by atoms with Crippen molar-refractivity contribution in [1.29, 1.82) is 0 Å². The number of carbonyl (C=O) groups excluding carboxylic acids is 1. The van der Waals surface area contributed by atoms with Crippen LogP contribution in [0.2, 0.25) is 0 Å². The van der Waals surface area contributed by atoms with Gasteiger partial charge in [-0.15, -0.1) is 11.3 Å². The Morgan fingerprint density at radius 3 is 2.81 bits per heavy atom. The molecule has 0 spiro atoms. The first-order valence-corrected chi connectivity index (χ1v) is 9.56. The van der Waals surface area contributed by atoms with Crippen LogP contribution in [0.3, 0.4) is 0 Å². The number of para-hydroxylation sites is 1. The molecule has 6 nitrogen and oxygen atoms in total. The maximum absolute atomic E-state index is 12.6. The van der Waals surface area contributed by atoms with Crippen LogP contribution in [0.5, 0.6) is 0 Å². The van der Waals surface area contributed by atoms with Crippen molar-refractivity contribution >= 4 is 27.6 Å². The zero-order valence-electron chi connectivity index (χ0n) is 15.9. The monoisotopic (exact) mass is 378 g/mol. The van der Waals surface area contributed by atoms with Crippen molar-refractivity contribution in [2.24, 2.45) is 0 Å². The number of hydrogen-bond acceptors (Lipinski definition) is 6. The second-order valence-electron chi connectivity index (χ2n) is 7.85. The fourth-order valence-corrected chi connectivity index (χ4v) is 3.86. The molecule has 1 aromatic carbocycles. The molecular formula is C19H26N2O4S. The average molecular weight is 378 g/mol. The van der Waals surface area contributed by atoms with Gasteiger partial charge in [-0.1, -0.05) is 12.1 Å². The molecule has 0 bridgehead atoms. The minimum Gasteiger partial charge on any atom is -0.444 e. The van der Waals surface area contributed by atoms with E-state index in [0.717, 1.165) is 15.2 Å². The largest absolute Gasteiger partial charge is 0.444 e. The van der Waals surface area contributed by atoms with Gasteiger partial charge in [0.05, 0.1) is 36.1 Å². The smallest absolute Gasteiger partial charge is 0.412 e. The summed E-state index contributed by atoms with van der Waals surface area (Å²) in [6.07, 6.45) is -0.381. The molecular weight excluding hydrogens is 352 g/mol. The van der Waals surface area contributed by atoms with E-state index in [9.17, 15) is 4.79 Å². The minimum atomic E-state index is -0.716. The van der Waals surface area contributed by atoms with Gasteiger partial charge in [-0.3, -0.25) is 4.90 Å². The van der Waals surface area contributed by atoms with Gasteiger partial charge in [0.2, 0.25) is 0 Å². The second kappa shape index (κ2) is 7.13. The Morgan fingerprint density at radius 2 is 2.12 bits per heavy atom. The van der Waals surface area contributed by atoms with E-state index in [0.29, 0.717) is 19.8 Å². The zero-order valence-corrected chi connectivity index (χ0v) is 16.8. The summed E-state index contributed by atoms with van der Waals surface area (Å²) in [5, 5.41) is 0.924. The summed E-state index contributed by atoms with van der Waals surface area (Å²) in [7, 11) is 0. The van der Waals surface area contributed by atoms with Crippen molar-refractivity contribution in [3.63, 3.8) is 0 Å². The molecule has 1 aliphatic rings. The first-order valence-electron chi connectivity index (χ1n) is 8.74. The van der Waals surface area contributed by atoms with Crippen molar-refractivity contribution in [2.75, 3.05) is 13.2 Å². The van der Waals surface area contributed by atoms with E-state index in [1.165, 1.54) is 0 Å². The number of carbonyl (C=O) groups is 1. The number of hydrogen-bond donors (Lipinski definition) is 0. The van der Waals surface area contributed by atoms with Crippen molar-refractivity contribution in [2.45, 2.75) is 58.6 Å². The Balaban J connectivity index is 1.61. The highest BCUT2D eigenvalue weighted by molar-refractivity contribution is 7.18. The highest BCUT2D eigenvalue weighted by atomic mass is 32.1.